The molecule has 1 aromatic carbocycles. The molecule has 0 radical (unpaired) electrons. The molecule has 7 nitrogen and oxygen atoms in total. The first-order chi connectivity index (χ1) is 14.3. The van der Waals surface area contributed by atoms with Crippen molar-refractivity contribution in [1.29, 1.82) is 0 Å². The summed E-state index contributed by atoms with van der Waals surface area (Å²) in [6.45, 7) is 1.34. The molecule has 0 aliphatic carbocycles. The van der Waals surface area contributed by atoms with E-state index in [0.29, 0.717) is 29.3 Å². The molecule has 5 rings (SSSR count). The Hall–Kier alpha value is -2.65. The quantitative estimate of drug-likeness (QED) is 0.436. The number of nitrogens with zero attached hydrogens (tertiary/aromatic N) is 4. The Morgan fingerprint density at radius 2 is 2.14 bits per heavy atom. The molecule has 1 aliphatic rings. The first-order valence-electron chi connectivity index (χ1n) is 9.40. The van der Waals surface area contributed by atoms with Crippen molar-refractivity contribution in [2.24, 2.45) is 0 Å². The minimum absolute atomic E-state index is 0.0694. The van der Waals surface area contributed by atoms with Gasteiger partial charge in [0.15, 0.2) is 5.58 Å². The fraction of sp³-hybridized carbons (Fsp3) is 0.300. The molecule has 0 bridgehead atoms. The average molecular weight is 427 g/mol. The van der Waals surface area contributed by atoms with Gasteiger partial charge < -0.3 is 13.7 Å². The number of para-hydroxylation sites is 2. The van der Waals surface area contributed by atoms with Gasteiger partial charge >= 0.3 is 0 Å². The van der Waals surface area contributed by atoms with Crippen LogP contribution in [0.4, 0.5) is 0 Å². The third kappa shape index (κ3) is 3.92. The van der Waals surface area contributed by atoms with Crippen molar-refractivity contribution < 1.29 is 13.6 Å². The van der Waals surface area contributed by atoms with Crippen LogP contribution in [0.2, 0.25) is 0 Å². The van der Waals surface area contributed by atoms with Crippen LogP contribution in [0, 0.1) is 0 Å². The molecule has 4 aromatic rings. The van der Waals surface area contributed by atoms with Gasteiger partial charge in [-0.05, 0) is 36.4 Å². The number of fused-ring (bicyclic) bond motifs is 1. The number of oxazole rings is 1. The van der Waals surface area contributed by atoms with E-state index in [2.05, 4.69) is 15.2 Å². The van der Waals surface area contributed by atoms with Crippen LogP contribution in [0.3, 0.4) is 0 Å². The van der Waals surface area contributed by atoms with Crippen LogP contribution < -0.4 is 0 Å². The standard InChI is InChI=1S/C20H18N4O3S2/c25-17(12-29-20-21-14-6-1-2-7-15(14)26-20)24-9-3-5-13(11-24)18-22-23-19(27-18)16-8-4-10-28-16/h1-2,4,6-8,10,13H,3,5,9,11-12H2. The number of carbonyl (C=O) groups excluding carboxylic acids is 1. The summed E-state index contributed by atoms with van der Waals surface area (Å²) >= 11 is 2.90. The van der Waals surface area contributed by atoms with Crippen LogP contribution in [0.5, 0.6) is 0 Å². The highest BCUT2D eigenvalue weighted by Gasteiger charge is 2.29. The lowest BCUT2D eigenvalue weighted by Gasteiger charge is -2.30. The summed E-state index contributed by atoms with van der Waals surface area (Å²) in [4.78, 5) is 20.0. The van der Waals surface area contributed by atoms with E-state index in [1.165, 1.54) is 11.8 Å². The molecule has 1 aliphatic heterocycles. The zero-order valence-corrected chi connectivity index (χ0v) is 17.1. The molecule has 1 unspecified atom stereocenters. The summed E-state index contributed by atoms with van der Waals surface area (Å²) in [7, 11) is 0. The van der Waals surface area contributed by atoms with Gasteiger partial charge in [-0.2, -0.15) is 0 Å². The first-order valence-corrected chi connectivity index (χ1v) is 11.3. The van der Waals surface area contributed by atoms with Gasteiger partial charge in [-0.1, -0.05) is 30.0 Å². The summed E-state index contributed by atoms with van der Waals surface area (Å²) in [6, 6.07) is 11.5. The number of hydrogen-bond acceptors (Lipinski definition) is 8. The van der Waals surface area contributed by atoms with Crippen molar-refractivity contribution in [3.05, 3.63) is 47.7 Å². The number of piperidine rings is 1. The molecule has 0 spiro atoms. The molecule has 4 heterocycles. The predicted octanol–water partition coefficient (Wildman–Crippen LogP) is 4.44. The second-order valence-corrected chi connectivity index (χ2v) is 8.71. The Labute approximate surface area is 175 Å². The molecule has 9 heteroatoms. The van der Waals surface area contributed by atoms with E-state index in [9.17, 15) is 4.79 Å². The zero-order valence-electron chi connectivity index (χ0n) is 15.5. The van der Waals surface area contributed by atoms with E-state index in [0.717, 1.165) is 35.4 Å². The van der Waals surface area contributed by atoms with Gasteiger partial charge in [-0.15, -0.1) is 21.5 Å². The van der Waals surface area contributed by atoms with E-state index in [1.807, 2.05) is 46.7 Å². The average Bonchev–Trinajstić information content (AvgIpc) is 3.51. The van der Waals surface area contributed by atoms with E-state index in [4.69, 9.17) is 8.83 Å². The molecular weight excluding hydrogens is 408 g/mol. The molecule has 1 fully saturated rings. The Balaban J connectivity index is 1.21. The summed E-state index contributed by atoms with van der Waals surface area (Å²) < 4.78 is 11.6. The maximum Gasteiger partial charge on any atom is 0.257 e. The summed E-state index contributed by atoms with van der Waals surface area (Å²) in [5, 5.41) is 10.9. The van der Waals surface area contributed by atoms with Crippen LogP contribution in [-0.4, -0.2) is 44.8 Å². The fourth-order valence-corrected chi connectivity index (χ4v) is 4.82. The number of thioether (sulfide) groups is 1. The number of amides is 1. The molecular formula is C20H18N4O3S2. The SMILES string of the molecule is O=C(CSc1nc2ccccc2o1)N1CCCC(c2nnc(-c3cccs3)o2)C1. The number of likely N-dealkylation sites (tertiary alicyclic amines) is 1. The molecule has 3 aromatic heterocycles. The van der Waals surface area contributed by atoms with Crippen molar-refractivity contribution >= 4 is 40.1 Å². The van der Waals surface area contributed by atoms with Gasteiger partial charge in [0.2, 0.25) is 11.8 Å². The molecule has 29 heavy (non-hydrogen) atoms. The number of thiophene rings is 1. The Morgan fingerprint density at radius 1 is 1.21 bits per heavy atom. The first kappa shape index (κ1) is 18.4. The van der Waals surface area contributed by atoms with E-state index in [1.54, 1.807) is 11.3 Å². The van der Waals surface area contributed by atoms with Crippen LogP contribution in [0.25, 0.3) is 21.9 Å². The molecule has 1 atom stereocenters. The summed E-state index contributed by atoms with van der Waals surface area (Å²) in [5.41, 5.74) is 1.54. The minimum Gasteiger partial charge on any atom is -0.431 e. The van der Waals surface area contributed by atoms with Gasteiger partial charge in [-0.25, -0.2) is 4.98 Å². The number of hydrogen-bond donors (Lipinski definition) is 0. The summed E-state index contributed by atoms with van der Waals surface area (Å²) in [6.07, 6.45) is 1.86. The van der Waals surface area contributed by atoms with Crippen LogP contribution in [-0.2, 0) is 4.79 Å². The maximum absolute atomic E-state index is 12.7. The predicted molar refractivity (Wildman–Crippen MR) is 111 cm³/mol. The highest BCUT2D eigenvalue weighted by atomic mass is 32.2. The van der Waals surface area contributed by atoms with E-state index < -0.39 is 0 Å². The smallest absolute Gasteiger partial charge is 0.257 e. The highest BCUT2D eigenvalue weighted by Crippen LogP contribution is 2.30. The lowest BCUT2D eigenvalue weighted by molar-refractivity contribution is -0.129. The second-order valence-electron chi connectivity index (χ2n) is 6.84. The highest BCUT2D eigenvalue weighted by molar-refractivity contribution is 7.99. The van der Waals surface area contributed by atoms with Gasteiger partial charge in [0.05, 0.1) is 16.5 Å². The van der Waals surface area contributed by atoms with Crippen LogP contribution in [0.1, 0.15) is 24.7 Å². The van der Waals surface area contributed by atoms with Gasteiger partial charge in [0, 0.05) is 13.1 Å². The molecule has 0 N–H and O–H groups in total. The normalized spacial score (nSPS) is 17.1. The van der Waals surface area contributed by atoms with Crippen molar-refractivity contribution in [2.75, 3.05) is 18.8 Å². The van der Waals surface area contributed by atoms with Crippen molar-refractivity contribution in [1.82, 2.24) is 20.1 Å². The second kappa shape index (κ2) is 8.00. The minimum atomic E-state index is 0.0694. The lowest BCUT2D eigenvalue weighted by Crippen LogP contribution is -2.40. The lowest BCUT2D eigenvalue weighted by atomic mass is 9.98. The number of benzene rings is 1. The van der Waals surface area contributed by atoms with Crippen molar-refractivity contribution in [3.63, 3.8) is 0 Å². The molecule has 1 amide bonds. The molecule has 148 valence electrons. The van der Waals surface area contributed by atoms with Gasteiger partial charge in [-0.3, -0.25) is 4.79 Å². The largest absolute Gasteiger partial charge is 0.431 e. The van der Waals surface area contributed by atoms with Gasteiger partial charge in [0.25, 0.3) is 11.1 Å². The zero-order chi connectivity index (χ0) is 19.6. The number of carbonyl (C=O) groups is 1. The fourth-order valence-electron chi connectivity index (χ4n) is 3.43. The Bertz CT molecular complexity index is 1090. The van der Waals surface area contributed by atoms with Crippen molar-refractivity contribution in [2.45, 2.75) is 24.0 Å². The molecule has 0 saturated carbocycles. The third-order valence-electron chi connectivity index (χ3n) is 4.89. The van der Waals surface area contributed by atoms with E-state index >= 15 is 0 Å². The number of aromatic nitrogens is 3. The Kier molecular flexibility index (Phi) is 5.07. The van der Waals surface area contributed by atoms with Gasteiger partial charge in [0.1, 0.15) is 5.52 Å². The van der Waals surface area contributed by atoms with E-state index in [-0.39, 0.29) is 11.8 Å². The van der Waals surface area contributed by atoms with Crippen LogP contribution in [0.15, 0.2) is 55.8 Å². The van der Waals surface area contributed by atoms with Crippen molar-refractivity contribution in [3.8, 4) is 10.8 Å². The summed E-state index contributed by atoms with van der Waals surface area (Å²) in [5.74, 6) is 1.59. The van der Waals surface area contributed by atoms with Crippen LogP contribution >= 0.6 is 23.1 Å². The Morgan fingerprint density at radius 3 is 3.00 bits per heavy atom. The third-order valence-corrected chi connectivity index (χ3v) is 6.56. The molecule has 1 saturated heterocycles. The monoisotopic (exact) mass is 426 g/mol. The number of rotatable bonds is 5. The topological polar surface area (TPSA) is 85.3 Å². The maximum atomic E-state index is 12.7.